The summed E-state index contributed by atoms with van der Waals surface area (Å²) in [5.74, 6) is 0. The highest BCUT2D eigenvalue weighted by Gasteiger charge is 2.15. The van der Waals surface area contributed by atoms with Crippen LogP contribution in [-0.4, -0.2) is 13.6 Å². The van der Waals surface area contributed by atoms with Gasteiger partial charge in [-0.25, -0.2) is 0 Å². The molecule has 20 heavy (non-hydrogen) atoms. The first-order chi connectivity index (χ1) is 9.49. The molecule has 0 saturated carbocycles. The van der Waals surface area contributed by atoms with Crippen molar-refractivity contribution in [2.45, 2.75) is 11.8 Å². The second-order valence-corrected chi connectivity index (χ2v) is 5.98. The van der Waals surface area contributed by atoms with E-state index in [0.717, 1.165) is 5.56 Å². The lowest BCUT2D eigenvalue weighted by atomic mass is 10.2. The van der Waals surface area contributed by atoms with Crippen LogP contribution in [-0.2, 0) is 14.4 Å². The third-order valence-electron chi connectivity index (χ3n) is 2.54. The van der Waals surface area contributed by atoms with Crippen LogP contribution in [0, 0.1) is 6.92 Å². The minimum absolute atomic E-state index is 0.0266. The fourth-order valence-electron chi connectivity index (χ4n) is 1.46. The lowest BCUT2D eigenvalue weighted by Gasteiger charge is -2.03. The molecule has 0 unspecified atom stereocenters. The van der Waals surface area contributed by atoms with E-state index in [4.69, 9.17) is 11.6 Å². The number of rotatable bonds is 4. The van der Waals surface area contributed by atoms with Gasteiger partial charge in [-0.2, -0.15) is 8.42 Å². The molecule has 0 atom stereocenters. The lowest BCUT2D eigenvalue weighted by molar-refractivity contribution is 0.340. The summed E-state index contributed by atoms with van der Waals surface area (Å²) in [4.78, 5) is 0.0318. The molecular weight excluding hydrogens is 298 g/mol. The van der Waals surface area contributed by atoms with Gasteiger partial charge in [-0.3, -0.25) is 4.28 Å². The molecule has 0 N–H and O–H groups in total. The van der Waals surface area contributed by atoms with Gasteiger partial charge in [0.15, 0.2) is 5.17 Å². The second-order valence-electron chi connectivity index (χ2n) is 4.09. The number of benzene rings is 2. The van der Waals surface area contributed by atoms with E-state index in [1.54, 1.807) is 36.4 Å². The molecule has 0 radical (unpaired) electrons. The van der Waals surface area contributed by atoms with Gasteiger partial charge in [0.2, 0.25) is 0 Å². The topological polar surface area (TPSA) is 55.7 Å². The molecule has 0 amide bonds. The maximum absolute atomic E-state index is 11.9. The average molecular weight is 310 g/mol. The Morgan fingerprint density at radius 3 is 2.25 bits per heavy atom. The molecule has 0 bridgehead atoms. The van der Waals surface area contributed by atoms with Crippen LogP contribution in [0.3, 0.4) is 0 Å². The largest absolute Gasteiger partial charge is 0.358 e. The number of hydrogen-bond acceptors (Lipinski definition) is 4. The number of nitrogens with zero attached hydrogens (tertiary/aromatic N) is 1. The SMILES string of the molecule is Cc1ccc(S(=O)(=O)O/N=C(/Cl)c2ccccc2)cc1. The predicted molar refractivity (Wildman–Crippen MR) is 78.3 cm³/mol. The molecule has 0 saturated heterocycles. The first-order valence-electron chi connectivity index (χ1n) is 5.78. The smallest absolute Gasteiger partial charge is 0.263 e. The molecule has 0 aliphatic heterocycles. The minimum Gasteiger partial charge on any atom is -0.263 e. The Morgan fingerprint density at radius 1 is 1.05 bits per heavy atom. The van der Waals surface area contributed by atoms with E-state index < -0.39 is 10.1 Å². The van der Waals surface area contributed by atoms with Crippen molar-refractivity contribution in [3.05, 3.63) is 65.7 Å². The number of aryl methyl sites for hydroxylation is 1. The van der Waals surface area contributed by atoms with Gasteiger partial charge in [0.1, 0.15) is 4.90 Å². The van der Waals surface area contributed by atoms with Crippen molar-refractivity contribution in [2.24, 2.45) is 5.16 Å². The molecule has 0 aliphatic rings. The van der Waals surface area contributed by atoms with Gasteiger partial charge < -0.3 is 0 Å². The maximum atomic E-state index is 11.9. The first kappa shape index (κ1) is 14.6. The van der Waals surface area contributed by atoms with Crippen LogP contribution < -0.4 is 0 Å². The van der Waals surface area contributed by atoms with Crippen LogP contribution in [0.25, 0.3) is 0 Å². The van der Waals surface area contributed by atoms with Gasteiger partial charge in [-0.1, -0.05) is 64.8 Å². The summed E-state index contributed by atoms with van der Waals surface area (Å²) in [5.41, 5.74) is 1.53. The zero-order valence-corrected chi connectivity index (χ0v) is 12.2. The predicted octanol–water partition coefficient (Wildman–Crippen LogP) is 3.30. The lowest BCUT2D eigenvalue weighted by Crippen LogP contribution is -2.04. The van der Waals surface area contributed by atoms with E-state index >= 15 is 0 Å². The van der Waals surface area contributed by atoms with Gasteiger partial charge in [-0.05, 0) is 19.1 Å². The van der Waals surface area contributed by atoms with Crippen molar-refractivity contribution in [1.82, 2.24) is 0 Å². The number of hydrogen-bond donors (Lipinski definition) is 0. The molecule has 104 valence electrons. The Morgan fingerprint density at radius 2 is 1.65 bits per heavy atom. The molecule has 0 fully saturated rings. The zero-order chi connectivity index (χ0) is 14.6. The quantitative estimate of drug-likeness (QED) is 0.643. The van der Waals surface area contributed by atoms with E-state index in [0.29, 0.717) is 5.56 Å². The molecule has 2 aromatic carbocycles. The number of halogens is 1. The molecular formula is C14H12ClNO3S. The molecule has 0 spiro atoms. The van der Waals surface area contributed by atoms with Crippen LogP contribution >= 0.6 is 11.6 Å². The molecule has 2 rings (SSSR count). The second kappa shape index (κ2) is 6.07. The van der Waals surface area contributed by atoms with Gasteiger partial charge >= 0.3 is 10.1 Å². The van der Waals surface area contributed by atoms with Gasteiger partial charge in [0.05, 0.1) is 0 Å². The summed E-state index contributed by atoms with van der Waals surface area (Å²) in [5, 5.41) is 3.43. The Bertz CT molecular complexity index is 710. The Labute approximate surface area is 122 Å². The third-order valence-corrected chi connectivity index (χ3v) is 3.94. The van der Waals surface area contributed by atoms with E-state index in [2.05, 4.69) is 9.44 Å². The van der Waals surface area contributed by atoms with Crippen LogP contribution in [0.4, 0.5) is 0 Å². The molecule has 2 aromatic rings. The maximum Gasteiger partial charge on any atom is 0.358 e. The fourth-order valence-corrected chi connectivity index (χ4v) is 2.39. The van der Waals surface area contributed by atoms with Crippen LogP contribution in [0.5, 0.6) is 0 Å². The summed E-state index contributed by atoms with van der Waals surface area (Å²) in [6.07, 6.45) is 0. The highest BCUT2D eigenvalue weighted by molar-refractivity contribution is 7.86. The fraction of sp³-hybridized carbons (Fsp3) is 0.0714. The summed E-state index contributed by atoms with van der Waals surface area (Å²) >= 11 is 5.89. The molecule has 0 aromatic heterocycles. The monoisotopic (exact) mass is 309 g/mol. The average Bonchev–Trinajstić information content (AvgIpc) is 2.46. The highest BCUT2D eigenvalue weighted by Crippen LogP contribution is 2.14. The highest BCUT2D eigenvalue weighted by atomic mass is 35.5. The molecule has 0 heterocycles. The normalized spacial score (nSPS) is 12.2. The third kappa shape index (κ3) is 3.59. The van der Waals surface area contributed by atoms with Crippen LogP contribution in [0.1, 0.15) is 11.1 Å². The van der Waals surface area contributed by atoms with Crippen LogP contribution in [0.2, 0.25) is 0 Å². The van der Waals surface area contributed by atoms with Crippen molar-refractivity contribution in [3.63, 3.8) is 0 Å². The molecule has 6 heteroatoms. The summed E-state index contributed by atoms with van der Waals surface area (Å²) < 4.78 is 28.4. The summed E-state index contributed by atoms with van der Waals surface area (Å²) in [6, 6.07) is 15.0. The van der Waals surface area contributed by atoms with Crippen molar-refractivity contribution in [3.8, 4) is 0 Å². The van der Waals surface area contributed by atoms with Gasteiger partial charge in [0.25, 0.3) is 0 Å². The van der Waals surface area contributed by atoms with Gasteiger partial charge in [0, 0.05) is 5.56 Å². The molecule has 4 nitrogen and oxygen atoms in total. The van der Waals surface area contributed by atoms with Crippen LogP contribution in [0.15, 0.2) is 64.6 Å². The summed E-state index contributed by atoms with van der Waals surface area (Å²) in [6.45, 7) is 1.86. The van der Waals surface area contributed by atoms with E-state index in [1.807, 2.05) is 13.0 Å². The van der Waals surface area contributed by atoms with Crippen molar-refractivity contribution < 1.29 is 12.7 Å². The van der Waals surface area contributed by atoms with Crippen molar-refractivity contribution in [2.75, 3.05) is 0 Å². The van der Waals surface area contributed by atoms with E-state index in [1.165, 1.54) is 12.1 Å². The minimum atomic E-state index is -3.95. The van der Waals surface area contributed by atoms with Crippen molar-refractivity contribution >= 4 is 26.9 Å². The van der Waals surface area contributed by atoms with E-state index in [-0.39, 0.29) is 10.1 Å². The molecule has 0 aliphatic carbocycles. The standard InChI is InChI=1S/C14H12ClNO3S/c1-11-7-9-13(10-8-11)20(17,18)19-16-14(15)12-5-3-2-4-6-12/h2-10H,1H3/b16-14+. The summed E-state index contributed by atoms with van der Waals surface area (Å²) in [7, 11) is -3.95. The van der Waals surface area contributed by atoms with Crippen molar-refractivity contribution in [1.29, 1.82) is 0 Å². The Balaban J connectivity index is 2.19. The Hall–Kier alpha value is -1.85. The van der Waals surface area contributed by atoms with Gasteiger partial charge in [-0.15, -0.1) is 0 Å². The zero-order valence-electron chi connectivity index (χ0n) is 10.7. The Kier molecular flexibility index (Phi) is 4.42. The number of oxime groups is 1. The van der Waals surface area contributed by atoms with E-state index in [9.17, 15) is 8.42 Å². The first-order valence-corrected chi connectivity index (χ1v) is 7.57.